The highest BCUT2D eigenvalue weighted by molar-refractivity contribution is 6.30. The Morgan fingerprint density at radius 3 is 2.81 bits per heavy atom. The summed E-state index contributed by atoms with van der Waals surface area (Å²) in [7, 11) is 0. The normalized spacial score (nSPS) is 10.7. The Morgan fingerprint density at radius 2 is 2.04 bits per heavy atom. The molecule has 0 unspecified atom stereocenters. The van der Waals surface area contributed by atoms with Crippen LogP contribution < -0.4 is 14.8 Å². The Morgan fingerprint density at radius 1 is 1.23 bits per heavy atom. The summed E-state index contributed by atoms with van der Waals surface area (Å²) in [4.78, 5) is 16.5. The molecule has 7 heteroatoms. The zero-order valence-corrected chi connectivity index (χ0v) is 15.2. The van der Waals surface area contributed by atoms with Crippen molar-refractivity contribution >= 4 is 23.2 Å². The maximum atomic E-state index is 11.9. The minimum atomic E-state index is -0.182. The van der Waals surface area contributed by atoms with Gasteiger partial charge in [0.2, 0.25) is 0 Å². The number of halogens is 1. The van der Waals surface area contributed by atoms with Gasteiger partial charge in [-0.2, -0.15) is 0 Å². The molecule has 3 aromatic rings. The molecule has 0 aliphatic carbocycles. The van der Waals surface area contributed by atoms with Crippen LogP contribution in [0.25, 0.3) is 5.65 Å². The Bertz CT molecular complexity index is 877. The minimum Gasteiger partial charge on any atom is -0.490 e. The molecule has 1 amide bonds. The highest BCUT2D eigenvalue weighted by Gasteiger charge is 2.08. The summed E-state index contributed by atoms with van der Waals surface area (Å²) in [6.07, 6.45) is 4.49. The standard InChI is InChI=1S/C19H20ClN3O3/c1-2-25-17-4-3-11-23-12-15(22-19(17)23)9-10-21-18(24)13-26-16-7-5-14(20)6-8-16/h3-8,11-12H,2,9-10,13H2,1H3,(H,21,24). The number of pyridine rings is 1. The van der Waals surface area contributed by atoms with Gasteiger partial charge in [-0.3, -0.25) is 4.79 Å². The molecule has 2 heterocycles. The fourth-order valence-corrected chi connectivity index (χ4v) is 2.61. The van der Waals surface area contributed by atoms with E-state index in [0.717, 1.165) is 17.1 Å². The van der Waals surface area contributed by atoms with Gasteiger partial charge < -0.3 is 19.2 Å². The molecule has 0 radical (unpaired) electrons. The number of carbonyl (C=O) groups is 1. The topological polar surface area (TPSA) is 64.9 Å². The number of ether oxygens (including phenoxy) is 2. The van der Waals surface area contributed by atoms with Gasteiger partial charge in [-0.1, -0.05) is 11.6 Å². The van der Waals surface area contributed by atoms with Gasteiger partial charge in [0.05, 0.1) is 12.3 Å². The predicted molar refractivity (Wildman–Crippen MR) is 100 cm³/mol. The fraction of sp³-hybridized carbons (Fsp3) is 0.263. The molecule has 2 aromatic heterocycles. The lowest BCUT2D eigenvalue weighted by Gasteiger charge is -2.07. The number of carbonyl (C=O) groups excluding carboxylic acids is 1. The van der Waals surface area contributed by atoms with E-state index >= 15 is 0 Å². The Kier molecular flexibility index (Phi) is 5.96. The Hall–Kier alpha value is -2.73. The second-order valence-corrected chi connectivity index (χ2v) is 6.05. The van der Waals surface area contributed by atoms with Crippen molar-refractivity contribution in [1.29, 1.82) is 0 Å². The summed E-state index contributed by atoms with van der Waals surface area (Å²) >= 11 is 5.81. The van der Waals surface area contributed by atoms with Crippen LogP contribution in [0.1, 0.15) is 12.6 Å². The third kappa shape index (κ3) is 4.67. The first-order valence-corrected chi connectivity index (χ1v) is 8.78. The quantitative estimate of drug-likeness (QED) is 0.659. The van der Waals surface area contributed by atoms with Crippen molar-refractivity contribution < 1.29 is 14.3 Å². The molecule has 0 saturated heterocycles. The van der Waals surface area contributed by atoms with Crippen molar-refractivity contribution in [2.24, 2.45) is 0 Å². The van der Waals surface area contributed by atoms with Crippen LogP contribution in [0.3, 0.4) is 0 Å². The highest BCUT2D eigenvalue weighted by atomic mass is 35.5. The number of benzene rings is 1. The third-order valence-electron chi connectivity index (χ3n) is 3.68. The molecule has 0 aliphatic rings. The minimum absolute atomic E-state index is 0.0404. The van der Waals surface area contributed by atoms with Crippen molar-refractivity contribution in [1.82, 2.24) is 14.7 Å². The van der Waals surface area contributed by atoms with E-state index in [4.69, 9.17) is 21.1 Å². The van der Waals surface area contributed by atoms with E-state index in [0.29, 0.717) is 30.3 Å². The van der Waals surface area contributed by atoms with E-state index in [2.05, 4.69) is 10.3 Å². The van der Waals surface area contributed by atoms with Crippen LogP contribution >= 0.6 is 11.6 Å². The number of aromatic nitrogens is 2. The lowest BCUT2D eigenvalue weighted by Crippen LogP contribution is -2.30. The molecule has 0 atom stereocenters. The third-order valence-corrected chi connectivity index (χ3v) is 3.94. The SMILES string of the molecule is CCOc1cccn2cc(CCNC(=O)COc3ccc(Cl)cc3)nc12. The number of fused-ring (bicyclic) bond motifs is 1. The van der Waals surface area contributed by atoms with Crippen molar-refractivity contribution in [2.75, 3.05) is 19.8 Å². The van der Waals surface area contributed by atoms with Gasteiger partial charge in [0.25, 0.3) is 5.91 Å². The van der Waals surface area contributed by atoms with Gasteiger partial charge in [0.1, 0.15) is 5.75 Å². The average Bonchev–Trinajstić information content (AvgIpc) is 3.05. The molecule has 6 nitrogen and oxygen atoms in total. The van der Waals surface area contributed by atoms with Gasteiger partial charge in [0.15, 0.2) is 18.0 Å². The van der Waals surface area contributed by atoms with E-state index in [1.807, 2.05) is 35.9 Å². The summed E-state index contributed by atoms with van der Waals surface area (Å²) in [5, 5.41) is 3.45. The summed E-state index contributed by atoms with van der Waals surface area (Å²) in [5.74, 6) is 1.17. The van der Waals surface area contributed by atoms with E-state index in [1.54, 1.807) is 24.3 Å². The van der Waals surface area contributed by atoms with Crippen molar-refractivity contribution in [3.63, 3.8) is 0 Å². The molecule has 0 fully saturated rings. The van der Waals surface area contributed by atoms with Gasteiger partial charge >= 0.3 is 0 Å². The molecule has 3 rings (SSSR count). The molecule has 26 heavy (non-hydrogen) atoms. The summed E-state index contributed by atoms with van der Waals surface area (Å²) in [6.45, 7) is 2.97. The maximum Gasteiger partial charge on any atom is 0.257 e. The van der Waals surface area contributed by atoms with Crippen molar-refractivity contribution in [3.05, 3.63) is 59.5 Å². The van der Waals surface area contributed by atoms with Crippen LogP contribution in [0.2, 0.25) is 5.02 Å². The smallest absolute Gasteiger partial charge is 0.257 e. The van der Waals surface area contributed by atoms with E-state index in [9.17, 15) is 4.79 Å². The van der Waals surface area contributed by atoms with Crippen LogP contribution in [0.5, 0.6) is 11.5 Å². The van der Waals surface area contributed by atoms with Gasteiger partial charge in [-0.15, -0.1) is 0 Å². The first-order valence-electron chi connectivity index (χ1n) is 8.40. The molecule has 1 aromatic carbocycles. The number of nitrogens with one attached hydrogen (secondary N) is 1. The van der Waals surface area contributed by atoms with Crippen LogP contribution in [-0.2, 0) is 11.2 Å². The second-order valence-electron chi connectivity index (χ2n) is 5.61. The van der Waals surface area contributed by atoms with Crippen LogP contribution in [0.4, 0.5) is 0 Å². The Balaban J connectivity index is 1.48. The molecule has 0 spiro atoms. The molecular formula is C19H20ClN3O3. The number of hydrogen-bond acceptors (Lipinski definition) is 4. The molecule has 136 valence electrons. The van der Waals surface area contributed by atoms with Gasteiger partial charge in [0, 0.05) is 30.4 Å². The van der Waals surface area contributed by atoms with E-state index in [1.165, 1.54) is 0 Å². The van der Waals surface area contributed by atoms with E-state index in [-0.39, 0.29) is 12.5 Å². The van der Waals surface area contributed by atoms with E-state index < -0.39 is 0 Å². The monoisotopic (exact) mass is 373 g/mol. The fourth-order valence-electron chi connectivity index (χ4n) is 2.49. The van der Waals surface area contributed by atoms with Crippen molar-refractivity contribution in [3.8, 4) is 11.5 Å². The number of hydrogen-bond donors (Lipinski definition) is 1. The lowest BCUT2D eigenvalue weighted by molar-refractivity contribution is -0.123. The highest BCUT2D eigenvalue weighted by Crippen LogP contribution is 2.19. The summed E-state index contributed by atoms with van der Waals surface area (Å²) in [6, 6.07) is 10.7. The largest absolute Gasteiger partial charge is 0.490 e. The molecule has 0 aliphatic heterocycles. The maximum absolute atomic E-state index is 11.9. The van der Waals surface area contributed by atoms with Crippen molar-refractivity contribution in [2.45, 2.75) is 13.3 Å². The number of amides is 1. The number of nitrogens with zero attached hydrogens (tertiary/aromatic N) is 2. The van der Waals surface area contributed by atoms with Crippen LogP contribution in [0, 0.1) is 0 Å². The lowest BCUT2D eigenvalue weighted by atomic mass is 10.3. The zero-order valence-electron chi connectivity index (χ0n) is 14.4. The van der Waals surface area contributed by atoms with Crippen LogP contribution in [-0.4, -0.2) is 35.1 Å². The Labute approximate surface area is 156 Å². The summed E-state index contributed by atoms with van der Waals surface area (Å²) < 4.78 is 12.9. The number of imidazole rings is 1. The number of rotatable bonds is 8. The second kappa shape index (κ2) is 8.58. The van der Waals surface area contributed by atoms with Crippen LogP contribution in [0.15, 0.2) is 48.8 Å². The van der Waals surface area contributed by atoms with Gasteiger partial charge in [-0.25, -0.2) is 4.98 Å². The molecule has 0 bridgehead atoms. The first-order chi connectivity index (χ1) is 12.7. The molecule has 1 N–H and O–H groups in total. The predicted octanol–water partition coefficient (Wildman–Crippen LogP) is 3.12. The van der Waals surface area contributed by atoms with Gasteiger partial charge in [-0.05, 0) is 43.3 Å². The average molecular weight is 374 g/mol. The first kappa shape index (κ1) is 18.1. The summed E-state index contributed by atoms with van der Waals surface area (Å²) in [5.41, 5.74) is 1.66. The zero-order chi connectivity index (χ0) is 18.4. The molecule has 0 saturated carbocycles. The molecular weight excluding hydrogens is 354 g/mol.